The Kier molecular flexibility index (Phi) is 13.9. The van der Waals surface area contributed by atoms with Gasteiger partial charge in [0.15, 0.2) is 60.9 Å². The predicted molar refractivity (Wildman–Crippen MR) is 195 cm³/mol. The second-order valence-electron chi connectivity index (χ2n) is 14.5. The molecule has 0 aromatic heterocycles. The van der Waals surface area contributed by atoms with Crippen LogP contribution in [-0.2, 0) is 0 Å². The van der Waals surface area contributed by atoms with Gasteiger partial charge in [-0.05, 0) is 114 Å². The van der Waals surface area contributed by atoms with Crippen molar-refractivity contribution in [1.29, 1.82) is 0 Å². The minimum atomic E-state index is -1.90. The minimum absolute atomic E-state index is 0.296. The van der Waals surface area contributed by atoms with E-state index in [-0.39, 0.29) is 9.84 Å². The van der Waals surface area contributed by atoms with Crippen molar-refractivity contribution in [2.45, 2.75) is 91.7 Å². The first-order valence-corrected chi connectivity index (χ1v) is 36.6. The average molecular weight is 674 g/mol. The van der Waals surface area contributed by atoms with Crippen molar-refractivity contribution in [2.24, 2.45) is 0 Å². The van der Waals surface area contributed by atoms with E-state index in [0.717, 1.165) is 10.4 Å². The van der Waals surface area contributed by atoms with Crippen LogP contribution in [0.5, 0.6) is 0 Å². The third-order valence-corrected chi connectivity index (χ3v) is 54.5. The fourth-order valence-electron chi connectivity index (χ4n) is 5.50. The van der Waals surface area contributed by atoms with Crippen molar-refractivity contribution in [3.05, 3.63) is 0 Å². The van der Waals surface area contributed by atoms with Crippen molar-refractivity contribution in [3.63, 3.8) is 0 Å². The zero-order chi connectivity index (χ0) is 30.2. The lowest BCUT2D eigenvalue weighted by Crippen LogP contribution is -2.83. The Balaban J connectivity index is 6.17. The van der Waals surface area contributed by atoms with Gasteiger partial charge in [0.05, 0.1) is 10.4 Å². The van der Waals surface area contributed by atoms with Crippen LogP contribution in [0.2, 0.25) is 91.7 Å². The summed E-state index contributed by atoms with van der Waals surface area (Å²) in [5.74, 6) is 0. The standard InChI is InChI=1S/C20H68N8Si9/c1-23(31(7)22-30-21-29)33(11,12)25(3)35(15,16)27(5)37(19,20)28(6)36(17,18)26(4)34(13,14)24(2)32(8,9)10/h21-22,31H,30H2,1-20,29H3. The number of rotatable bonds is 15. The molecule has 0 radical (unpaired) electrons. The quantitative estimate of drug-likeness (QED) is 0.252. The fourth-order valence-corrected chi connectivity index (χ4v) is 51.4. The molecule has 0 fully saturated rings. The maximum absolute atomic E-state index is 3.93. The van der Waals surface area contributed by atoms with Crippen molar-refractivity contribution < 1.29 is 0 Å². The van der Waals surface area contributed by atoms with Gasteiger partial charge < -0.3 is 34.7 Å². The van der Waals surface area contributed by atoms with Gasteiger partial charge in [0.1, 0.15) is 8.24 Å². The number of nitrogens with one attached hydrogen (secondary N) is 2. The molecule has 0 heterocycles. The van der Waals surface area contributed by atoms with E-state index < -0.39 is 59.3 Å². The molecule has 0 spiro atoms. The molecule has 0 amide bonds. The molecule has 0 aromatic rings. The van der Waals surface area contributed by atoms with Crippen LogP contribution in [0.3, 0.4) is 0 Å². The average Bonchev–Trinajstić information content (AvgIpc) is 2.78. The molecule has 0 aliphatic heterocycles. The molecule has 0 rings (SSSR count). The van der Waals surface area contributed by atoms with Gasteiger partial charge in [-0.15, -0.1) is 0 Å². The van der Waals surface area contributed by atoms with Gasteiger partial charge in [-0.3, -0.25) is 0 Å². The lowest BCUT2D eigenvalue weighted by atomic mass is 11.5. The molecule has 1 unspecified atom stereocenters. The SMILES string of the molecule is CN([SiH](C)N[SiH2]N[SiH3])[Si](C)(C)N(C)[Si](C)(C)N(C)[Si](C)(C)N(C)[Si](C)(C)N(C)[Si](C)(C)N(C)[Si](C)(C)C. The summed E-state index contributed by atoms with van der Waals surface area (Å²) in [7, 11) is 3.80. The third-order valence-electron chi connectivity index (χ3n) is 10.4. The van der Waals surface area contributed by atoms with E-state index in [1.807, 2.05) is 0 Å². The van der Waals surface area contributed by atoms with Crippen LogP contribution >= 0.6 is 0 Å². The predicted octanol–water partition coefficient (Wildman–Crippen LogP) is 1.23. The fraction of sp³-hybridized carbons (Fsp3) is 1.00. The molecule has 0 aliphatic rings. The maximum Gasteiger partial charge on any atom is 0.188 e. The highest BCUT2D eigenvalue weighted by Crippen LogP contribution is 2.32. The van der Waals surface area contributed by atoms with E-state index in [1.54, 1.807) is 0 Å². The molecule has 0 aromatic carbocycles. The van der Waals surface area contributed by atoms with Gasteiger partial charge in [0.2, 0.25) is 0 Å². The Morgan fingerprint density at radius 2 is 0.784 bits per heavy atom. The summed E-state index contributed by atoms with van der Waals surface area (Å²) in [6.45, 7) is 35.9. The molecule has 37 heavy (non-hydrogen) atoms. The topological polar surface area (TPSA) is 43.5 Å². The van der Waals surface area contributed by atoms with Crippen LogP contribution in [0.4, 0.5) is 0 Å². The molecule has 2 N–H and O–H groups in total. The molecule has 0 saturated heterocycles. The zero-order valence-corrected chi connectivity index (χ0v) is 39.5. The summed E-state index contributed by atoms with van der Waals surface area (Å²) in [6, 6.07) is 0. The summed E-state index contributed by atoms with van der Waals surface area (Å²) in [5, 5.41) is 0. The molecule has 17 heteroatoms. The molecular formula is C20H68N8Si9. The number of hydrogen-bond donors (Lipinski definition) is 2. The van der Waals surface area contributed by atoms with E-state index in [9.17, 15) is 0 Å². The van der Waals surface area contributed by atoms with Crippen LogP contribution in [-0.4, -0.2) is 147 Å². The van der Waals surface area contributed by atoms with Crippen molar-refractivity contribution >= 4 is 79.6 Å². The highest BCUT2D eigenvalue weighted by Gasteiger charge is 2.54. The van der Waals surface area contributed by atoms with E-state index in [0.29, 0.717) is 0 Å². The van der Waals surface area contributed by atoms with Gasteiger partial charge in [-0.1, -0.05) is 19.6 Å². The van der Waals surface area contributed by atoms with Crippen molar-refractivity contribution in [1.82, 2.24) is 34.7 Å². The first kappa shape index (κ1) is 38.6. The van der Waals surface area contributed by atoms with E-state index in [2.05, 4.69) is 169 Å². The summed E-state index contributed by atoms with van der Waals surface area (Å²) in [4.78, 5) is 0. The molecule has 8 nitrogen and oxygen atoms in total. The Hall–Kier alpha value is 1.63. The Morgan fingerprint density at radius 1 is 0.514 bits per heavy atom. The molecule has 224 valence electrons. The molecule has 0 saturated carbocycles. The van der Waals surface area contributed by atoms with Crippen LogP contribution in [0.1, 0.15) is 0 Å². The number of hydrogen-bond acceptors (Lipinski definition) is 8. The molecular weight excluding hydrogens is 605 g/mol. The van der Waals surface area contributed by atoms with Crippen molar-refractivity contribution in [3.8, 4) is 0 Å². The summed E-state index contributed by atoms with van der Waals surface area (Å²) in [6.07, 6.45) is 0. The van der Waals surface area contributed by atoms with Gasteiger partial charge in [-0.2, -0.15) is 0 Å². The largest absolute Gasteiger partial charge is 0.360 e. The van der Waals surface area contributed by atoms with Gasteiger partial charge >= 0.3 is 0 Å². The first-order valence-electron chi connectivity index (χ1n) is 14.0. The van der Waals surface area contributed by atoms with E-state index in [1.165, 1.54) is 0 Å². The summed E-state index contributed by atoms with van der Waals surface area (Å²) >= 11 is 0. The van der Waals surface area contributed by atoms with Crippen LogP contribution in [0.15, 0.2) is 0 Å². The Bertz CT molecular complexity index is 733. The lowest BCUT2D eigenvalue weighted by molar-refractivity contribution is 0.514. The van der Waals surface area contributed by atoms with Crippen LogP contribution in [0.25, 0.3) is 0 Å². The normalized spacial score (nSPS) is 16.7. The second kappa shape index (κ2) is 13.3. The minimum Gasteiger partial charge on any atom is -0.360 e. The Morgan fingerprint density at radius 3 is 1.05 bits per heavy atom. The summed E-state index contributed by atoms with van der Waals surface area (Å²) in [5.41, 5.74) is 0. The first-order chi connectivity index (χ1) is 16.2. The second-order valence-corrected chi connectivity index (χ2v) is 50.9. The van der Waals surface area contributed by atoms with E-state index in [4.69, 9.17) is 0 Å². The van der Waals surface area contributed by atoms with E-state index >= 15 is 0 Å². The third kappa shape index (κ3) is 8.35. The Labute approximate surface area is 247 Å². The van der Waals surface area contributed by atoms with Crippen LogP contribution in [0, 0.1) is 0 Å². The van der Waals surface area contributed by atoms with Gasteiger partial charge in [0.25, 0.3) is 0 Å². The molecule has 1 atom stereocenters. The van der Waals surface area contributed by atoms with Gasteiger partial charge in [0, 0.05) is 0 Å². The maximum atomic E-state index is 3.93. The monoisotopic (exact) mass is 672 g/mol. The molecule has 0 bridgehead atoms. The van der Waals surface area contributed by atoms with Crippen LogP contribution < -0.4 is 9.30 Å². The number of nitrogens with zero attached hydrogens (tertiary/aromatic N) is 6. The summed E-state index contributed by atoms with van der Waals surface area (Å²) < 4.78 is 24.7. The zero-order valence-electron chi connectivity index (χ0n) is 29.0. The van der Waals surface area contributed by atoms with Crippen molar-refractivity contribution in [2.75, 3.05) is 42.3 Å². The smallest absolute Gasteiger partial charge is 0.188 e. The van der Waals surface area contributed by atoms with Gasteiger partial charge in [-0.25, -0.2) is 0 Å². The lowest BCUT2D eigenvalue weighted by Gasteiger charge is -2.61. The highest BCUT2D eigenvalue weighted by molar-refractivity contribution is 7.01. The highest BCUT2D eigenvalue weighted by atomic mass is 28.5. The molecule has 0 aliphatic carbocycles.